The summed E-state index contributed by atoms with van der Waals surface area (Å²) in [5, 5.41) is 8.91. The number of carboxylic acid groups (broad SMARTS) is 1. The summed E-state index contributed by atoms with van der Waals surface area (Å²) in [6.07, 6.45) is 0. The molecule has 18 heavy (non-hydrogen) atoms. The molecule has 0 aliphatic heterocycles. The molecule has 3 rings (SSSR count). The number of carboxylic acids is 1. The number of aromatic amines is 1. The highest BCUT2D eigenvalue weighted by atomic mass is 16.4. The van der Waals surface area contributed by atoms with E-state index in [4.69, 9.17) is 5.11 Å². The predicted molar refractivity (Wildman–Crippen MR) is 68.5 cm³/mol. The smallest absolute Gasteiger partial charge is 0.352 e. The molecule has 0 aliphatic carbocycles. The average Bonchev–Trinajstić information content (AvgIpc) is 2.82. The van der Waals surface area contributed by atoms with Gasteiger partial charge in [-0.15, -0.1) is 0 Å². The standard InChI is InChI=1S/C14H10N2O2/c17-14(18)13-8-12-11(16-13)7-6-10(15-12)9-4-2-1-3-5-9/h1-8,16H,(H,17,18). The number of aromatic carboxylic acids is 1. The van der Waals surface area contributed by atoms with E-state index in [-0.39, 0.29) is 5.69 Å². The number of nitrogens with zero attached hydrogens (tertiary/aromatic N) is 1. The van der Waals surface area contributed by atoms with Gasteiger partial charge in [0.05, 0.1) is 16.7 Å². The van der Waals surface area contributed by atoms with Gasteiger partial charge in [0.15, 0.2) is 0 Å². The lowest BCUT2D eigenvalue weighted by Gasteiger charge is -1.99. The Morgan fingerprint density at radius 3 is 2.61 bits per heavy atom. The largest absolute Gasteiger partial charge is 0.477 e. The molecule has 88 valence electrons. The van der Waals surface area contributed by atoms with E-state index in [0.717, 1.165) is 16.8 Å². The fourth-order valence-electron chi connectivity index (χ4n) is 1.89. The van der Waals surface area contributed by atoms with Gasteiger partial charge in [0.1, 0.15) is 5.69 Å². The number of carbonyl (C=O) groups is 1. The summed E-state index contributed by atoms with van der Waals surface area (Å²) in [6, 6.07) is 15.0. The molecule has 1 aromatic carbocycles. The molecule has 0 radical (unpaired) electrons. The van der Waals surface area contributed by atoms with Crippen LogP contribution in [0, 0.1) is 0 Å². The molecule has 0 amide bonds. The third-order valence-electron chi connectivity index (χ3n) is 2.78. The van der Waals surface area contributed by atoms with Crippen molar-refractivity contribution >= 4 is 17.0 Å². The second-order valence-corrected chi connectivity index (χ2v) is 3.98. The molecule has 2 aromatic heterocycles. The number of aromatic nitrogens is 2. The summed E-state index contributed by atoms with van der Waals surface area (Å²) in [5.41, 5.74) is 3.39. The van der Waals surface area contributed by atoms with Crippen LogP contribution in [0.5, 0.6) is 0 Å². The number of fused-ring (bicyclic) bond motifs is 1. The summed E-state index contributed by atoms with van der Waals surface area (Å²) in [6.45, 7) is 0. The van der Waals surface area contributed by atoms with E-state index >= 15 is 0 Å². The van der Waals surface area contributed by atoms with Gasteiger partial charge in [0.2, 0.25) is 0 Å². The number of rotatable bonds is 2. The first-order valence-corrected chi connectivity index (χ1v) is 5.52. The number of H-pyrrole nitrogens is 1. The lowest BCUT2D eigenvalue weighted by atomic mass is 10.1. The molecule has 0 atom stereocenters. The maximum absolute atomic E-state index is 10.9. The first kappa shape index (κ1) is 10.5. The number of pyridine rings is 1. The van der Waals surface area contributed by atoms with Gasteiger partial charge in [-0.3, -0.25) is 0 Å². The highest BCUT2D eigenvalue weighted by molar-refractivity contribution is 5.92. The lowest BCUT2D eigenvalue weighted by Crippen LogP contribution is -1.94. The zero-order valence-corrected chi connectivity index (χ0v) is 9.42. The second-order valence-electron chi connectivity index (χ2n) is 3.98. The Bertz CT molecular complexity index is 717. The molecular formula is C14H10N2O2. The van der Waals surface area contributed by atoms with E-state index in [1.165, 1.54) is 0 Å². The third-order valence-corrected chi connectivity index (χ3v) is 2.78. The van der Waals surface area contributed by atoms with Gasteiger partial charge in [-0.2, -0.15) is 0 Å². The SMILES string of the molecule is O=C(O)c1cc2nc(-c3ccccc3)ccc2[nH]1. The predicted octanol–water partition coefficient (Wildman–Crippen LogP) is 2.93. The maximum Gasteiger partial charge on any atom is 0.352 e. The van der Waals surface area contributed by atoms with Crippen molar-refractivity contribution in [3.63, 3.8) is 0 Å². The van der Waals surface area contributed by atoms with E-state index in [9.17, 15) is 4.79 Å². The fourth-order valence-corrected chi connectivity index (χ4v) is 1.89. The minimum absolute atomic E-state index is 0.155. The Hall–Kier alpha value is -2.62. The summed E-state index contributed by atoms with van der Waals surface area (Å²) < 4.78 is 0. The first-order valence-electron chi connectivity index (χ1n) is 5.52. The van der Waals surface area contributed by atoms with E-state index in [1.807, 2.05) is 42.5 Å². The van der Waals surface area contributed by atoms with E-state index in [2.05, 4.69) is 9.97 Å². The topological polar surface area (TPSA) is 66.0 Å². The third kappa shape index (κ3) is 1.73. The normalized spacial score (nSPS) is 10.7. The van der Waals surface area contributed by atoms with Crippen LogP contribution in [-0.4, -0.2) is 21.0 Å². The average molecular weight is 238 g/mol. The number of hydrogen-bond acceptors (Lipinski definition) is 2. The van der Waals surface area contributed by atoms with Crippen molar-refractivity contribution in [2.75, 3.05) is 0 Å². The van der Waals surface area contributed by atoms with Crippen molar-refractivity contribution in [1.29, 1.82) is 0 Å². The van der Waals surface area contributed by atoms with Crippen LogP contribution < -0.4 is 0 Å². The van der Waals surface area contributed by atoms with Crippen LogP contribution in [0.3, 0.4) is 0 Å². The van der Waals surface area contributed by atoms with Gasteiger partial charge < -0.3 is 10.1 Å². The first-order chi connectivity index (χ1) is 8.74. The van der Waals surface area contributed by atoms with Crippen molar-refractivity contribution in [2.24, 2.45) is 0 Å². The van der Waals surface area contributed by atoms with Gasteiger partial charge in [-0.1, -0.05) is 30.3 Å². The van der Waals surface area contributed by atoms with Crippen LogP contribution in [0.15, 0.2) is 48.5 Å². The molecule has 0 saturated heterocycles. The number of benzene rings is 1. The molecule has 4 nitrogen and oxygen atoms in total. The van der Waals surface area contributed by atoms with Crippen LogP contribution in [-0.2, 0) is 0 Å². The molecule has 0 unspecified atom stereocenters. The van der Waals surface area contributed by atoms with Crippen LogP contribution >= 0.6 is 0 Å². The fraction of sp³-hybridized carbons (Fsp3) is 0. The highest BCUT2D eigenvalue weighted by Gasteiger charge is 2.09. The van der Waals surface area contributed by atoms with Crippen LogP contribution in [0.25, 0.3) is 22.3 Å². The van der Waals surface area contributed by atoms with Gasteiger partial charge >= 0.3 is 5.97 Å². The molecule has 0 spiro atoms. The van der Waals surface area contributed by atoms with Gasteiger partial charge in [-0.25, -0.2) is 9.78 Å². The molecule has 4 heteroatoms. The molecular weight excluding hydrogens is 228 g/mol. The van der Waals surface area contributed by atoms with Gasteiger partial charge in [0.25, 0.3) is 0 Å². The molecule has 0 aliphatic rings. The van der Waals surface area contributed by atoms with Crippen molar-refractivity contribution in [3.8, 4) is 11.3 Å². The molecule has 0 saturated carbocycles. The Balaban J connectivity index is 2.14. The van der Waals surface area contributed by atoms with Crippen LogP contribution in [0.1, 0.15) is 10.5 Å². The van der Waals surface area contributed by atoms with Crippen molar-refractivity contribution < 1.29 is 9.90 Å². The Kier molecular flexibility index (Phi) is 2.34. The summed E-state index contributed by atoms with van der Waals surface area (Å²) in [4.78, 5) is 18.1. The minimum Gasteiger partial charge on any atom is -0.477 e. The van der Waals surface area contributed by atoms with E-state index in [1.54, 1.807) is 6.07 Å². The lowest BCUT2D eigenvalue weighted by molar-refractivity contribution is 0.0691. The quantitative estimate of drug-likeness (QED) is 0.721. The zero-order chi connectivity index (χ0) is 12.5. The van der Waals surface area contributed by atoms with Crippen LogP contribution in [0.4, 0.5) is 0 Å². The van der Waals surface area contributed by atoms with E-state index < -0.39 is 5.97 Å². The molecule has 3 aromatic rings. The monoisotopic (exact) mass is 238 g/mol. The van der Waals surface area contributed by atoms with E-state index in [0.29, 0.717) is 5.52 Å². The Morgan fingerprint density at radius 2 is 1.89 bits per heavy atom. The zero-order valence-electron chi connectivity index (χ0n) is 9.42. The summed E-state index contributed by atoms with van der Waals surface area (Å²) in [7, 11) is 0. The van der Waals surface area contributed by atoms with Gasteiger partial charge in [-0.05, 0) is 18.2 Å². The van der Waals surface area contributed by atoms with Crippen molar-refractivity contribution in [2.45, 2.75) is 0 Å². The minimum atomic E-state index is -0.978. The number of nitrogens with one attached hydrogen (secondary N) is 1. The van der Waals surface area contributed by atoms with Crippen LogP contribution in [0.2, 0.25) is 0 Å². The maximum atomic E-state index is 10.9. The molecule has 0 fully saturated rings. The summed E-state index contributed by atoms with van der Waals surface area (Å²) in [5.74, 6) is -0.978. The molecule has 0 bridgehead atoms. The molecule has 2 N–H and O–H groups in total. The summed E-state index contributed by atoms with van der Waals surface area (Å²) >= 11 is 0. The van der Waals surface area contributed by atoms with Crippen molar-refractivity contribution in [3.05, 3.63) is 54.2 Å². The molecule has 2 heterocycles. The second kappa shape index (κ2) is 4.00. The van der Waals surface area contributed by atoms with Crippen molar-refractivity contribution in [1.82, 2.24) is 9.97 Å². The number of hydrogen-bond donors (Lipinski definition) is 2. The Morgan fingerprint density at radius 1 is 1.11 bits per heavy atom. The van der Waals surface area contributed by atoms with Gasteiger partial charge in [0, 0.05) is 5.56 Å². The Labute approximate surface area is 103 Å². The highest BCUT2D eigenvalue weighted by Crippen LogP contribution is 2.21.